The molecule has 0 saturated carbocycles. The molecule has 1 aliphatic rings. The van der Waals surface area contributed by atoms with Gasteiger partial charge in [-0.3, -0.25) is 4.98 Å². The highest BCUT2D eigenvalue weighted by molar-refractivity contribution is 14.1. The molecule has 2 amide bonds. The lowest BCUT2D eigenvalue weighted by Gasteiger charge is -2.30. The third kappa shape index (κ3) is 4.26. The number of nitrogens with zero attached hydrogens (tertiary/aromatic N) is 4. The number of carbonyl (C=O) groups excluding carboxylic acids is 1. The van der Waals surface area contributed by atoms with Crippen molar-refractivity contribution in [2.75, 3.05) is 18.4 Å². The van der Waals surface area contributed by atoms with Crippen LogP contribution in [-0.4, -0.2) is 39.1 Å². The first-order chi connectivity index (χ1) is 13.2. The van der Waals surface area contributed by atoms with Crippen molar-refractivity contribution in [1.82, 2.24) is 20.0 Å². The minimum Gasteiger partial charge on any atom is -0.339 e. The van der Waals surface area contributed by atoms with Crippen LogP contribution < -0.4 is 5.32 Å². The lowest BCUT2D eigenvalue weighted by molar-refractivity contribution is 0.187. The molecule has 7 nitrogen and oxygen atoms in total. The number of nitrogens with one attached hydrogen (secondary N) is 1. The summed E-state index contributed by atoms with van der Waals surface area (Å²) in [6.07, 6.45) is 3.30. The van der Waals surface area contributed by atoms with E-state index >= 15 is 0 Å². The Balaban J connectivity index is 1.34. The van der Waals surface area contributed by atoms with Crippen molar-refractivity contribution in [3.63, 3.8) is 0 Å². The number of hydrogen-bond acceptors (Lipinski definition) is 5. The predicted octanol–water partition coefficient (Wildman–Crippen LogP) is 4.15. The largest absolute Gasteiger partial charge is 0.339 e. The molecule has 1 N–H and O–H groups in total. The molecule has 0 radical (unpaired) electrons. The Morgan fingerprint density at radius 2 is 1.93 bits per heavy atom. The van der Waals surface area contributed by atoms with Crippen molar-refractivity contribution in [3.05, 3.63) is 58.1 Å². The normalized spacial score (nSPS) is 14.9. The third-order valence-electron chi connectivity index (χ3n) is 4.56. The van der Waals surface area contributed by atoms with E-state index in [9.17, 15) is 4.79 Å². The summed E-state index contributed by atoms with van der Waals surface area (Å²) in [6.45, 7) is 1.31. The number of urea groups is 1. The van der Waals surface area contributed by atoms with E-state index in [4.69, 9.17) is 4.52 Å². The van der Waals surface area contributed by atoms with Crippen molar-refractivity contribution < 1.29 is 9.32 Å². The van der Waals surface area contributed by atoms with Crippen molar-refractivity contribution in [3.8, 4) is 11.5 Å². The number of aromatic nitrogens is 3. The minimum atomic E-state index is -0.0747. The highest BCUT2D eigenvalue weighted by atomic mass is 127. The summed E-state index contributed by atoms with van der Waals surface area (Å²) in [7, 11) is 0. The number of anilines is 1. The zero-order valence-corrected chi connectivity index (χ0v) is 16.7. The second kappa shape index (κ2) is 8.03. The van der Waals surface area contributed by atoms with Crippen LogP contribution in [0.1, 0.15) is 24.7 Å². The van der Waals surface area contributed by atoms with Gasteiger partial charge in [0.2, 0.25) is 11.7 Å². The summed E-state index contributed by atoms with van der Waals surface area (Å²) in [5.74, 6) is 1.29. The summed E-state index contributed by atoms with van der Waals surface area (Å²) in [5.41, 5.74) is 1.50. The van der Waals surface area contributed by atoms with Gasteiger partial charge >= 0.3 is 6.03 Å². The lowest BCUT2D eigenvalue weighted by atomic mass is 9.97. The predicted molar refractivity (Wildman–Crippen MR) is 109 cm³/mol. The Kier molecular flexibility index (Phi) is 5.33. The second-order valence-corrected chi connectivity index (χ2v) is 7.62. The number of pyridine rings is 1. The molecular weight excluding hydrogens is 457 g/mol. The van der Waals surface area contributed by atoms with E-state index in [1.165, 1.54) is 0 Å². The first kappa shape index (κ1) is 17.9. The van der Waals surface area contributed by atoms with E-state index in [1.807, 2.05) is 47.4 Å². The third-order valence-corrected chi connectivity index (χ3v) is 5.28. The fourth-order valence-electron chi connectivity index (χ4n) is 3.07. The summed E-state index contributed by atoms with van der Waals surface area (Å²) < 4.78 is 6.58. The molecule has 4 rings (SSSR count). The topological polar surface area (TPSA) is 84.2 Å². The van der Waals surface area contributed by atoms with Crippen LogP contribution in [0.3, 0.4) is 0 Å². The number of likely N-dealkylation sites (tertiary alicyclic amines) is 1. The monoisotopic (exact) mass is 475 g/mol. The van der Waals surface area contributed by atoms with Crippen molar-refractivity contribution in [2.45, 2.75) is 18.8 Å². The molecule has 1 aliphatic heterocycles. The number of hydrogen-bond donors (Lipinski definition) is 1. The smallest absolute Gasteiger partial charge is 0.321 e. The maximum absolute atomic E-state index is 12.4. The van der Waals surface area contributed by atoms with Gasteiger partial charge in [0.15, 0.2) is 0 Å². The average Bonchev–Trinajstić information content (AvgIpc) is 3.21. The van der Waals surface area contributed by atoms with E-state index < -0.39 is 0 Å². The summed E-state index contributed by atoms with van der Waals surface area (Å²) in [6, 6.07) is 13.3. The molecular formula is C19H18IN5O2. The fourth-order valence-corrected chi connectivity index (χ4v) is 3.42. The van der Waals surface area contributed by atoms with Gasteiger partial charge in [-0.1, -0.05) is 11.2 Å². The van der Waals surface area contributed by atoms with Gasteiger partial charge < -0.3 is 14.7 Å². The molecule has 2 aromatic heterocycles. The van der Waals surface area contributed by atoms with Crippen LogP contribution in [0.2, 0.25) is 0 Å². The maximum atomic E-state index is 12.4. The van der Waals surface area contributed by atoms with E-state index in [0.717, 1.165) is 22.1 Å². The Bertz CT molecular complexity index is 905. The number of benzene rings is 1. The zero-order valence-electron chi connectivity index (χ0n) is 14.5. The molecule has 0 aliphatic carbocycles. The number of rotatable bonds is 3. The van der Waals surface area contributed by atoms with Gasteiger partial charge in [-0.2, -0.15) is 4.98 Å². The fraction of sp³-hybridized carbons (Fsp3) is 0.263. The van der Waals surface area contributed by atoms with Gasteiger partial charge in [0, 0.05) is 34.5 Å². The molecule has 3 aromatic rings. The molecule has 0 bridgehead atoms. The molecule has 3 heterocycles. The van der Waals surface area contributed by atoms with E-state index in [1.54, 1.807) is 6.20 Å². The van der Waals surface area contributed by atoms with Crippen LogP contribution in [0.15, 0.2) is 53.2 Å². The molecule has 1 saturated heterocycles. The van der Waals surface area contributed by atoms with Crippen LogP contribution in [0, 0.1) is 3.57 Å². The first-order valence-corrected chi connectivity index (χ1v) is 9.83. The highest BCUT2D eigenvalue weighted by Crippen LogP contribution is 2.28. The number of piperidine rings is 1. The first-order valence-electron chi connectivity index (χ1n) is 8.75. The quantitative estimate of drug-likeness (QED) is 0.576. The summed E-state index contributed by atoms with van der Waals surface area (Å²) >= 11 is 2.24. The average molecular weight is 475 g/mol. The van der Waals surface area contributed by atoms with Gasteiger partial charge in [0.25, 0.3) is 0 Å². The molecule has 0 spiro atoms. The highest BCUT2D eigenvalue weighted by Gasteiger charge is 2.27. The molecule has 1 aromatic carbocycles. The Hall–Kier alpha value is -2.49. The van der Waals surface area contributed by atoms with Crippen molar-refractivity contribution >= 4 is 34.3 Å². The molecule has 1 fully saturated rings. The van der Waals surface area contributed by atoms with E-state index in [-0.39, 0.29) is 11.9 Å². The van der Waals surface area contributed by atoms with Gasteiger partial charge in [0.05, 0.1) is 0 Å². The standard InChI is InChI=1S/C19H18IN5O2/c20-14-4-6-15(7-5-14)22-19(26)25-11-8-13(9-12-25)18-23-17(24-27-18)16-3-1-2-10-21-16/h1-7,10,13H,8-9,11-12H2,(H,22,26). The van der Waals surface area contributed by atoms with Gasteiger partial charge in [-0.25, -0.2) is 4.79 Å². The number of amides is 2. The summed E-state index contributed by atoms with van der Waals surface area (Å²) in [4.78, 5) is 23.0. The Morgan fingerprint density at radius 1 is 1.15 bits per heavy atom. The molecule has 138 valence electrons. The van der Waals surface area contributed by atoms with Gasteiger partial charge in [-0.05, 0) is 71.8 Å². The van der Waals surface area contributed by atoms with Crippen LogP contribution in [-0.2, 0) is 0 Å². The van der Waals surface area contributed by atoms with Crippen LogP contribution >= 0.6 is 22.6 Å². The van der Waals surface area contributed by atoms with Crippen molar-refractivity contribution in [2.24, 2.45) is 0 Å². The Morgan fingerprint density at radius 3 is 2.63 bits per heavy atom. The minimum absolute atomic E-state index is 0.0747. The second-order valence-electron chi connectivity index (χ2n) is 6.37. The zero-order chi connectivity index (χ0) is 18.6. The van der Waals surface area contributed by atoms with Crippen LogP contribution in [0.4, 0.5) is 10.5 Å². The van der Waals surface area contributed by atoms with Crippen LogP contribution in [0.25, 0.3) is 11.5 Å². The Labute approximate surface area is 170 Å². The maximum Gasteiger partial charge on any atom is 0.321 e. The molecule has 27 heavy (non-hydrogen) atoms. The van der Waals surface area contributed by atoms with Gasteiger partial charge in [0.1, 0.15) is 5.69 Å². The van der Waals surface area contributed by atoms with Crippen LogP contribution in [0.5, 0.6) is 0 Å². The number of halogens is 1. The van der Waals surface area contributed by atoms with E-state index in [0.29, 0.717) is 30.5 Å². The molecule has 0 unspecified atom stereocenters. The summed E-state index contributed by atoms with van der Waals surface area (Å²) in [5, 5.41) is 6.98. The molecule has 0 atom stereocenters. The SMILES string of the molecule is O=C(Nc1ccc(I)cc1)N1CCC(c2nc(-c3ccccn3)no2)CC1. The molecule has 8 heteroatoms. The van der Waals surface area contributed by atoms with Gasteiger partial charge in [-0.15, -0.1) is 0 Å². The van der Waals surface area contributed by atoms with Crippen molar-refractivity contribution in [1.29, 1.82) is 0 Å². The number of carbonyl (C=O) groups is 1. The lowest BCUT2D eigenvalue weighted by Crippen LogP contribution is -2.40. The van der Waals surface area contributed by atoms with E-state index in [2.05, 4.69) is 43.0 Å².